The topological polar surface area (TPSA) is 84.1 Å². The first-order valence-corrected chi connectivity index (χ1v) is 4.02. The van der Waals surface area contributed by atoms with E-state index in [0.717, 1.165) is 0 Å². The number of nitrogens with zero attached hydrogens (tertiary/aromatic N) is 1. The quantitative estimate of drug-likeness (QED) is 0.651. The van der Waals surface area contributed by atoms with Crippen LogP contribution >= 0.6 is 0 Å². The molecule has 6 nitrogen and oxygen atoms in total. The molecule has 14 heavy (non-hydrogen) atoms. The average molecular weight is 197 g/mol. The maximum Gasteiger partial charge on any atom is 0.328 e. The number of nitrogens with one attached hydrogen (secondary N) is 2. The second kappa shape index (κ2) is 4.40. The molecule has 0 radical (unpaired) electrons. The summed E-state index contributed by atoms with van der Waals surface area (Å²) in [5, 5.41) is 2.45. The van der Waals surface area contributed by atoms with Crippen molar-refractivity contribution < 1.29 is 14.3 Å². The highest BCUT2D eigenvalue weighted by Crippen LogP contribution is 1.93. The fraction of sp³-hybridized carbons (Fsp3) is 0.375. The van der Waals surface area contributed by atoms with Crippen LogP contribution in [0.25, 0.3) is 0 Å². The van der Waals surface area contributed by atoms with Crippen LogP contribution in [0, 0.1) is 0 Å². The van der Waals surface area contributed by atoms with Gasteiger partial charge in [-0.3, -0.25) is 4.79 Å². The standard InChI is InChI=1S/C8H11N3O3/c1-5(8(13)14-2)11-7(12)6-3-9-4-10-6/h3-5H,1-2H3,(H,9,10)(H,11,12). The van der Waals surface area contributed by atoms with Gasteiger partial charge >= 0.3 is 5.97 Å². The molecule has 0 spiro atoms. The van der Waals surface area contributed by atoms with E-state index in [9.17, 15) is 9.59 Å². The second-order valence-corrected chi connectivity index (χ2v) is 2.68. The van der Waals surface area contributed by atoms with Crippen molar-refractivity contribution in [1.29, 1.82) is 0 Å². The van der Waals surface area contributed by atoms with Gasteiger partial charge in [0.2, 0.25) is 0 Å². The lowest BCUT2D eigenvalue weighted by Crippen LogP contribution is -2.39. The Bertz CT molecular complexity index is 321. The largest absolute Gasteiger partial charge is 0.467 e. The fourth-order valence-electron chi connectivity index (χ4n) is 0.890. The van der Waals surface area contributed by atoms with E-state index in [1.165, 1.54) is 19.6 Å². The number of hydrogen-bond acceptors (Lipinski definition) is 4. The zero-order valence-electron chi connectivity index (χ0n) is 7.90. The SMILES string of the molecule is COC(=O)C(C)NC(=O)c1cnc[nH]1. The van der Waals surface area contributed by atoms with Crippen molar-refractivity contribution in [3.8, 4) is 0 Å². The van der Waals surface area contributed by atoms with Crippen molar-refractivity contribution in [2.75, 3.05) is 7.11 Å². The number of aromatic amines is 1. The number of ether oxygens (including phenoxy) is 1. The molecule has 6 heteroatoms. The number of esters is 1. The van der Waals surface area contributed by atoms with Gasteiger partial charge in [-0.1, -0.05) is 0 Å². The Morgan fingerprint density at radius 1 is 1.64 bits per heavy atom. The minimum absolute atomic E-state index is 0.306. The molecule has 0 aliphatic heterocycles. The van der Waals surface area contributed by atoms with E-state index in [1.54, 1.807) is 6.92 Å². The Hall–Kier alpha value is -1.85. The van der Waals surface area contributed by atoms with Crippen molar-refractivity contribution >= 4 is 11.9 Å². The highest BCUT2D eigenvalue weighted by atomic mass is 16.5. The van der Waals surface area contributed by atoms with E-state index in [1.807, 2.05) is 0 Å². The van der Waals surface area contributed by atoms with Gasteiger partial charge in [-0.05, 0) is 6.92 Å². The zero-order valence-corrected chi connectivity index (χ0v) is 7.90. The third kappa shape index (κ3) is 2.32. The molecule has 0 bridgehead atoms. The van der Waals surface area contributed by atoms with Gasteiger partial charge < -0.3 is 15.0 Å². The number of hydrogen-bond donors (Lipinski definition) is 2. The van der Waals surface area contributed by atoms with Crippen LogP contribution < -0.4 is 5.32 Å². The summed E-state index contributed by atoms with van der Waals surface area (Å²) in [5.74, 6) is -0.877. The van der Waals surface area contributed by atoms with Gasteiger partial charge in [0.25, 0.3) is 5.91 Å². The number of methoxy groups -OCH3 is 1. The highest BCUT2D eigenvalue weighted by Gasteiger charge is 2.17. The molecule has 1 atom stereocenters. The molecule has 1 unspecified atom stereocenters. The maximum atomic E-state index is 11.3. The molecule has 1 rings (SSSR count). The maximum absolute atomic E-state index is 11.3. The lowest BCUT2D eigenvalue weighted by Gasteiger charge is -2.09. The van der Waals surface area contributed by atoms with Crippen LogP contribution in [0.3, 0.4) is 0 Å². The molecular weight excluding hydrogens is 186 g/mol. The summed E-state index contributed by atoms with van der Waals surface area (Å²) in [6.07, 6.45) is 2.76. The molecule has 0 aliphatic carbocycles. The highest BCUT2D eigenvalue weighted by molar-refractivity contribution is 5.94. The van der Waals surface area contributed by atoms with Crippen LogP contribution in [0.15, 0.2) is 12.5 Å². The Labute approximate surface area is 80.7 Å². The molecule has 0 saturated carbocycles. The number of rotatable bonds is 3. The van der Waals surface area contributed by atoms with Crippen LogP contribution in [-0.4, -0.2) is 35.0 Å². The smallest absolute Gasteiger partial charge is 0.328 e. The first-order valence-electron chi connectivity index (χ1n) is 4.02. The summed E-state index contributed by atoms with van der Waals surface area (Å²) >= 11 is 0. The van der Waals surface area contributed by atoms with E-state index in [-0.39, 0.29) is 5.91 Å². The summed E-state index contributed by atoms with van der Waals surface area (Å²) in [6, 6.07) is -0.671. The van der Waals surface area contributed by atoms with Gasteiger partial charge in [0.05, 0.1) is 19.6 Å². The second-order valence-electron chi connectivity index (χ2n) is 2.68. The summed E-state index contributed by atoms with van der Waals surface area (Å²) < 4.78 is 4.45. The molecule has 2 N–H and O–H groups in total. The molecular formula is C8H11N3O3. The third-order valence-electron chi connectivity index (χ3n) is 1.65. The number of aromatic nitrogens is 2. The third-order valence-corrected chi connectivity index (χ3v) is 1.65. The van der Waals surface area contributed by atoms with Gasteiger partial charge in [0, 0.05) is 0 Å². The average Bonchev–Trinajstić information content (AvgIpc) is 2.69. The molecule has 0 fully saturated rings. The molecule has 0 aliphatic rings. The van der Waals surface area contributed by atoms with Crippen molar-refractivity contribution in [3.63, 3.8) is 0 Å². The summed E-state index contributed by atoms with van der Waals surface area (Å²) in [4.78, 5) is 28.6. The zero-order chi connectivity index (χ0) is 10.6. The minimum atomic E-state index is -0.671. The minimum Gasteiger partial charge on any atom is -0.467 e. The molecule has 1 aromatic heterocycles. The number of H-pyrrole nitrogens is 1. The fourth-order valence-corrected chi connectivity index (χ4v) is 0.890. The number of amides is 1. The van der Waals surface area contributed by atoms with Crippen molar-refractivity contribution in [3.05, 3.63) is 18.2 Å². The Balaban J connectivity index is 2.53. The van der Waals surface area contributed by atoms with E-state index in [4.69, 9.17) is 0 Å². The van der Waals surface area contributed by atoms with Crippen LogP contribution in [0.5, 0.6) is 0 Å². The van der Waals surface area contributed by atoms with E-state index in [0.29, 0.717) is 5.69 Å². The molecule has 76 valence electrons. The van der Waals surface area contributed by atoms with Crippen LogP contribution in [0.1, 0.15) is 17.4 Å². The number of carbonyl (C=O) groups excluding carboxylic acids is 2. The predicted molar refractivity (Wildman–Crippen MR) is 47.5 cm³/mol. The van der Waals surface area contributed by atoms with Gasteiger partial charge in [0.1, 0.15) is 11.7 Å². The van der Waals surface area contributed by atoms with E-state index < -0.39 is 12.0 Å². The summed E-state index contributed by atoms with van der Waals surface area (Å²) in [7, 11) is 1.27. The number of imidazole rings is 1. The first-order chi connectivity index (χ1) is 6.65. The predicted octanol–water partition coefficient (Wildman–Crippen LogP) is -0.299. The van der Waals surface area contributed by atoms with Gasteiger partial charge in [-0.15, -0.1) is 0 Å². The number of carbonyl (C=O) groups is 2. The van der Waals surface area contributed by atoms with E-state index in [2.05, 4.69) is 20.0 Å². The Kier molecular flexibility index (Phi) is 3.22. The van der Waals surface area contributed by atoms with E-state index >= 15 is 0 Å². The molecule has 0 saturated heterocycles. The monoisotopic (exact) mass is 197 g/mol. The van der Waals surface area contributed by atoms with Crippen molar-refractivity contribution in [2.24, 2.45) is 0 Å². The molecule has 1 amide bonds. The molecule has 1 heterocycles. The van der Waals surface area contributed by atoms with Crippen LogP contribution in [-0.2, 0) is 9.53 Å². The first kappa shape index (κ1) is 10.2. The Morgan fingerprint density at radius 3 is 2.86 bits per heavy atom. The lowest BCUT2D eigenvalue weighted by molar-refractivity contribution is -0.142. The molecule has 0 aromatic carbocycles. The Morgan fingerprint density at radius 2 is 2.36 bits per heavy atom. The van der Waals surface area contributed by atoms with Gasteiger partial charge in [-0.2, -0.15) is 0 Å². The molecule has 1 aromatic rings. The van der Waals surface area contributed by atoms with Crippen LogP contribution in [0.2, 0.25) is 0 Å². The van der Waals surface area contributed by atoms with Crippen molar-refractivity contribution in [2.45, 2.75) is 13.0 Å². The lowest BCUT2D eigenvalue weighted by atomic mass is 10.3. The van der Waals surface area contributed by atoms with Crippen molar-refractivity contribution in [1.82, 2.24) is 15.3 Å². The summed E-state index contributed by atoms with van der Waals surface area (Å²) in [5.41, 5.74) is 0.306. The van der Waals surface area contributed by atoms with Gasteiger partial charge in [0.15, 0.2) is 0 Å². The summed E-state index contributed by atoms with van der Waals surface area (Å²) in [6.45, 7) is 1.54. The normalized spacial score (nSPS) is 11.9. The van der Waals surface area contributed by atoms with Crippen LogP contribution in [0.4, 0.5) is 0 Å². The van der Waals surface area contributed by atoms with Gasteiger partial charge in [-0.25, -0.2) is 9.78 Å².